The van der Waals surface area contributed by atoms with Gasteiger partial charge in [-0.05, 0) is 82.2 Å². The Labute approximate surface area is 217 Å². The molecular formula is C27H18ClNO5S2. The van der Waals surface area contributed by atoms with Gasteiger partial charge in [0, 0.05) is 5.02 Å². The van der Waals surface area contributed by atoms with E-state index in [9.17, 15) is 18.0 Å². The van der Waals surface area contributed by atoms with Crippen LogP contribution in [-0.4, -0.2) is 24.5 Å². The van der Waals surface area contributed by atoms with Crippen molar-refractivity contribution in [3.05, 3.63) is 112 Å². The molecule has 0 atom stereocenters. The van der Waals surface area contributed by atoms with Crippen molar-refractivity contribution in [3.8, 4) is 5.75 Å². The van der Waals surface area contributed by atoms with E-state index in [-0.39, 0.29) is 27.3 Å². The van der Waals surface area contributed by atoms with Crippen molar-refractivity contribution in [2.24, 2.45) is 0 Å². The molecule has 0 radical (unpaired) electrons. The third kappa shape index (κ3) is 5.16. The maximum absolute atomic E-state index is 13.0. The smallest absolute Gasteiger partial charge is 0.339 e. The predicted molar refractivity (Wildman–Crippen MR) is 141 cm³/mol. The molecule has 1 aliphatic rings. The second-order valence-corrected chi connectivity index (χ2v) is 11.0. The van der Waals surface area contributed by atoms with Crippen LogP contribution in [0.4, 0.5) is 4.79 Å². The summed E-state index contributed by atoms with van der Waals surface area (Å²) < 4.78 is 30.4. The monoisotopic (exact) mass is 535 g/mol. The molecule has 0 N–H and O–H groups in total. The van der Waals surface area contributed by atoms with Crippen LogP contribution in [0.25, 0.3) is 16.8 Å². The normalized spacial score (nSPS) is 15.1. The van der Waals surface area contributed by atoms with Gasteiger partial charge in [-0.2, -0.15) is 8.42 Å². The Morgan fingerprint density at radius 3 is 2.39 bits per heavy atom. The standard InChI is InChI=1S/C27H18ClNO5S2/c28-22-10-12-24(13-11-22)36(32,33)34-23-7-3-4-18(15-23)16-25-26(30)29(27(31)35-25)17-19-8-9-20-5-1-2-6-21(20)14-19/h1-16H,17H2/b25-16-. The number of amides is 2. The average molecular weight is 536 g/mol. The van der Waals surface area contributed by atoms with Crippen LogP contribution < -0.4 is 4.18 Å². The van der Waals surface area contributed by atoms with Crippen molar-refractivity contribution < 1.29 is 22.2 Å². The van der Waals surface area contributed by atoms with Gasteiger partial charge in [0.25, 0.3) is 11.1 Å². The summed E-state index contributed by atoms with van der Waals surface area (Å²) in [5, 5.41) is 2.15. The zero-order chi connectivity index (χ0) is 25.3. The van der Waals surface area contributed by atoms with Crippen molar-refractivity contribution in [2.45, 2.75) is 11.4 Å². The first-order valence-electron chi connectivity index (χ1n) is 10.8. The van der Waals surface area contributed by atoms with Crippen LogP contribution in [0.2, 0.25) is 5.02 Å². The average Bonchev–Trinajstić information content (AvgIpc) is 3.11. The Balaban J connectivity index is 1.34. The summed E-state index contributed by atoms with van der Waals surface area (Å²) in [6, 6.07) is 25.6. The van der Waals surface area contributed by atoms with E-state index < -0.39 is 16.0 Å². The molecule has 0 saturated carbocycles. The van der Waals surface area contributed by atoms with Gasteiger partial charge in [-0.3, -0.25) is 14.5 Å². The SMILES string of the molecule is O=C1S/C(=C\c2cccc(OS(=O)(=O)c3ccc(Cl)cc3)c2)C(=O)N1Cc1ccc2ccccc2c1. The lowest BCUT2D eigenvalue weighted by Crippen LogP contribution is -2.27. The molecule has 0 aromatic heterocycles. The first-order chi connectivity index (χ1) is 17.3. The van der Waals surface area contributed by atoms with Crippen molar-refractivity contribution in [2.75, 3.05) is 0 Å². The molecule has 4 aromatic carbocycles. The third-order valence-electron chi connectivity index (χ3n) is 5.49. The second-order valence-electron chi connectivity index (χ2n) is 8.01. The number of carbonyl (C=O) groups is 2. The summed E-state index contributed by atoms with van der Waals surface area (Å²) in [6.45, 7) is 0.162. The van der Waals surface area contributed by atoms with E-state index in [0.29, 0.717) is 10.6 Å². The van der Waals surface area contributed by atoms with Gasteiger partial charge in [0.1, 0.15) is 10.6 Å². The molecule has 180 valence electrons. The Morgan fingerprint density at radius 1 is 0.861 bits per heavy atom. The lowest BCUT2D eigenvalue weighted by atomic mass is 10.1. The number of carbonyl (C=O) groups excluding carboxylic acids is 2. The molecule has 1 heterocycles. The fraction of sp³-hybridized carbons (Fsp3) is 0.0370. The number of halogens is 1. The van der Waals surface area contributed by atoms with Gasteiger partial charge < -0.3 is 4.18 Å². The topological polar surface area (TPSA) is 80.8 Å². The molecule has 36 heavy (non-hydrogen) atoms. The third-order valence-corrected chi connectivity index (χ3v) is 7.91. The maximum Gasteiger partial charge on any atom is 0.339 e. The number of thioether (sulfide) groups is 1. The fourth-order valence-corrected chi connectivity index (χ4v) is 5.63. The molecule has 0 spiro atoms. The highest BCUT2D eigenvalue weighted by Gasteiger charge is 2.35. The van der Waals surface area contributed by atoms with Crippen molar-refractivity contribution >= 4 is 61.5 Å². The van der Waals surface area contributed by atoms with Crippen LogP contribution >= 0.6 is 23.4 Å². The first kappa shape index (κ1) is 24.1. The maximum atomic E-state index is 13.0. The van der Waals surface area contributed by atoms with Gasteiger partial charge in [0.05, 0.1) is 11.4 Å². The van der Waals surface area contributed by atoms with Gasteiger partial charge in [0.15, 0.2) is 0 Å². The number of hydrogen-bond donors (Lipinski definition) is 0. The number of benzene rings is 4. The Hall–Kier alpha value is -3.59. The molecule has 1 aliphatic heterocycles. The summed E-state index contributed by atoms with van der Waals surface area (Å²) in [4.78, 5) is 27.0. The van der Waals surface area contributed by atoms with Crippen LogP contribution in [-0.2, 0) is 21.5 Å². The quantitative estimate of drug-likeness (QED) is 0.207. The van der Waals surface area contributed by atoms with Gasteiger partial charge >= 0.3 is 10.1 Å². The number of imide groups is 1. The van der Waals surface area contributed by atoms with Gasteiger partial charge in [-0.25, -0.2) is 0 Å². The summed E-state index contributed by atoms with van der Waals surface area (Å²) in [7, 11) is -4.07. The van der Waals surface area contributed by atoms with E-state index >= 15 is 0 Å². The zero-order valence-electron chi connectivity index (χ0n) is 18.6. The summed E-state index contributed by atoms with van der Waals surface area (Å²) >= 11 is 6.67. The number of rotatable bonds is 6. The minimum absolute atomic E-state index is 0.0351. The predicted octanol–water partition coefficient (Wildman–Crippen LogP) is 6.50. The van der Waals surface area contributed by atoms with E-state index in [0.717, 1.165) is 28.1 Å². The van der Waals surface area contributed by atoms with Crippen LogP contribution in [0, 0.1) is 0 Å². The minimum atomic E-state index is -4.07. The number of fused-ring (bicyclic) bond motifs is 1. The van der Waals surface area contributed by atoms with E-state index in [2.05, 4.69) is 0 Å². The molecule has 4 aromatic rings. The molecule has 0 bridgehead atoms. The number of hydrogen-bond acceptors (Lipinski definition) is 6. The molecule has 1 saturated heterocycles. The van der Waals surface area contributed by atoms with Crippen LogP contribution in [0.5, 0.6) is 5.75 Å². The Bertz CT molecular complexity index is 1630. The Morgan fingerprint density at radius 2 is 1.61 bits per heavy atom. The van der Waals surface area contributed by atoms with Crippen LogP contribution in [0.1, 0.15) is 11.1 Å². The van der Waals surface area contributed by atoms with Crippen molar-refractivity contribution in [1.82, 2.24) is 4.90 Å². The van der Waals surface area contributed by atoms with E-state index in [1.165, 1.54) is 41.3 Å². The molecule has 2 amide bonds. The molecular weight excluding hydrogens is 518 g/mol. The molecule has 1 fully saturated rings. The minimum Gasteiger partial charge on any atom is -0.379 e. The summed E-state index contributed by atoms with van der Waals surface area (Å²) in [6.07, 6.45) is 1.55. The largest absolute Gasteiger partial charge is 0.379 e. The summed E-state index contributed by atoms with van der Waals surface area (Å²) in [5.41, 5.74) is 1.37. The lowest BCUT2D eigenvalue weighted by molar-refractivity contribution is -0.123. The highest BCUT2D eigenvalue weighted by atomic mass is 35.5. The highest BCUT2D eigenvalue weighted by molar-refractivity contribution is 8.18. The second kappa shape index (κ2) is 9.81. The van der Waals surface area contributed by atoms with Gasteiger partial charge in [0.2, 0.25) is 0 Å². The van der Waals surface area contributed by atoms with Crippen molar-refractivity contribution in [1.29, 1.82) is 0 Å². The highest BCUT2D eigenvalue weighted by Crippen LogP contribution is 2.34. The van der Waals surface area contributed by atoms with Crippen LogP contribution in [0.3, 0.4) is 0 Å². The molecule has 9 heteroatoms. The lowest BCUT2D eigenvalue weighted by Gasteiger charge is -2.13. The molecule has 0 unspecified atom stereocenters. The van der Waals surface area contributed by atoms with E-state index in [1.54, 1.807) is 18.2 Å². The molecule has 6 nitrogen and oxygen atoms in total. The number of nitrogens with zero attached hydrogens (tertiary/aromatic N) is 1. The van der Waals surface area contributed by atoms with Gasteiger partial charge in [-0.1, -0.05) is 60.1 Å². The first-order valence-corrected chi connectivity index (χ1v) is 13.4. The summed E-state index contributed by atoms with van der Waals surface area (Å²) in [5.74, 6) is -0.327. The van der Waals surface area contributed by atoms with Crippen LogP contribution in [0.15, 0.2) is 101 Å². The van der Waals surface area contributed by atoms with E-state index in [4.69, 9.17) is 15.8 Å². The molecule has 5 rings (SSSR count). The van der Waals surface area contributed by atoms with Gasteiger partial charge in [-0.15, -0.1) is 0 Å². The fourth-order valence-electron chi connectivity index (χ4n) is 3.74. The Kier molecular flexibility index (Phi) is 6.57. The molecule has 0 aliphatic carbocycles. The van der Waals surface area contributed by atoms with E-state index in [1.807, 2.05) is 42.5 Å². The van der Waals surface area contributed by atoms with Crippen molar-refractivity contribution in [3.63, 3.8) is 0 Å². The zero-order valence-corrected chi connectivity index (χ0v) is 21.0.